The smallest absolute Gasteiger partial charge is 0.261 e. The van der Waals surface area contributed by atoms with E-state index in [1.165, 1.54) is 24.3 Å². The van der Waals surface area contributed by atoms with Crippen LogP contribution in [-0.4, -0.2) is 25.5 Å². The molecule has 0 saturated carbocycles. The number of halogens is 2. The first-order chi connectivity index (χ1) is 9.43. The Balaban J connectivity index is 2.83. The lowest BCUT2D eigenvalue weighted by molar-refractivity contribution is -0.130. The minimum absolute atomic E-state index is 0.0876. The monoisotopic (exact) mass is 351 g/mol. The lowest BCUT2D eigenvalue weighted by atomic mass is 9.88. The highest BCUT2D eigenvalue weighted by molar-refractivity contribution is 8.13. The molecule has 21 heavy (non-hydrogen) atoms. The molecule has 0 saturated heterocycles. The van der Waals surface area contributed by atoms with E-state index in [2.05, 4.69) is 5.32 Å². The fourth-order valence-corrected chi connectivity index (χ4v) is 2.56. The molecule has 1 aromatic carbocycles. The zero-order chi connectivity index (χ0) is 16.4. The van der Waals surface area contributed by atoms with Crippen molar-refractivity contribution in [2.45, 2.75) is 31.0 Å². The summed E-state index contributed by atoms with van der Waals surface area (Å²) in [5, 5.41) is 1.13. The van der Waals surface area contributed by atoms with Crippen molar-refractivity contribution >= 4 is 48.7 Å². The summed E-state index contributed by atoms with van der Waals surface area (Å²) >= 11 is 5.84. The van der Waals surface area contributed by atoms with E-state index in [1.54, 1.807) is 20.8 Å². The Kier molecular flexibility index (Phi) is 5.41. The van der Waals surface area contributed by atoms with Gasteiger partial charge in [-0.05, 0) is 24.3 Å². The van der Waals surface area contributed by atoms with Gasteiger partial charge in [0.05, 0.1) is 4.90 Å². The van der Waals surface area contributed by atoms with Gasteiger partial charge in [0.1, 0.15) is 0 Å². The number of benzene rings is 1. The van der Waals surface area contributed by atoms with Crippen LogP contribution in [0.3, 0.4) is 0 Å². The predicted molar refractivity (Wildman–Crippen MR) is 82.2 cm³/mol. The highest BCUT2D eigenvalue weighted by atomic mass is 35.7. The zero-order valence-corrected chi connectivity index (χ0v) is 14.0. The largest absolute Gasteiger partial charge is 0.324 e. The van der Waals surface area contributed by atoms with Crippen LogP contribution < -0.4 is 5.32 Å². The van der Waals surface area contributed by atoms with Crippen LogP contribution in [0.4, 0.5) is 5.69 Å². The van der Waals surface area contributed by atoms with E-state index >= 15 is 0 Å². The van der Waals surface area contributed by atoms with Crippen LogP contribution in [-0.2, 0) is 18.6 Å². The number of Topliss-reactive ketones (excluding diaryl/α,β-unsaturated/α-hetero) is 1. The molecule has 0 bridgehead atoms. The van der Waals surface area contributed by atoms with Gasteiger partial charge in [-0.3, -0.25) is 9.59 Å². The van der Waals surface area contributed by atoms with Gasteiger partial charge in [-0.1, -0.05) is 20.8 Å². The minimum Gasteiger partial charge on any atom is -0.324 e. The van der Waals surface area contributed by atoms with Gasteiger partial charge >= 0.3 is 0 Å². The van der Waals surface area contributed by atoms with Gasteiger partial charge in [-0.15, -0.1) is 11.6 Å². The molecule has 0 aliphatic carbocycles. The van der Waals surface area contributed by atoms with Crippen molar-refractivity contribution in [3.8, 4) is 0 Å². The maximum atomic E-state index is 11.9. The second kappa shape index (κ2) is 6.34. The van der Waals surface area contributed by atoms with E-state index in [-0.39, 0.29) is 4.90 Å². The van der Waals surface area contributed by atoms with Crippen molar-refractivity contribution in [1.82, 2.24) is 0 Å². The Hall–Kier alpha value is -1.11. The molecule has 1 rings (SSSR count). The fourth-order valence-electron chi connectivity index (χ4n) is 1.41. The van der Waals surface area contributed by atoms with Crippen LogP contribution in [0, 0.1) is 5.41 Å². The highest BCUT2D eigenvalue weighted by Gasteiger charge is 2.33. The van der Waals surface area contributed by atoms with Crippen LogP contribution >= 0.6 is 22.3 Å². The standard InChI is InChI=1S/C13H15Cl2NO4S/c1-13(2,3)11(17)10(14)12(18)16-8-4-6-9(7-5-8)21(15,19)20/h4-7,10H,1-3H3,(H,16,18). The highest BCUT2D eigenvalue weighted by Crippen LogP contribution is 2.22. The molecule has 1 N–H and O–H groups in total. The lowest BCUT2D eigenvalue weighted by Gasteiger charge is -2.19. The predicted octanol–water partition coefficient (Wildman–Crippen LogP) is 2.78. The number of anilines is 1. The topological polar surface area (TPSA) is 80.3 Å². The molecule has 0 radical (unpaired) electrons. The molecule has 1 aromatic rings. The van der Waals surface area contributed by atoms with Crippen LogP contribution in [0.15, 0.2) is 29.2 Å². The third-order valence-electron chi connectivity index (χ3n) is 2.60. The lowest BCUT2D eigenvalue weighted by Crippen LogP contribution is -2.37. The average molecular weight is 352 g/mol. The third kappa shape index (κ3) is 4.98. The molecule has 116 valence electrons. The van der Waals surface area contributed by atoms with E-state index in [9.17, 15) is 18.0 Å². The number of rotatable bonds is 4. The van der Waals surface area contributed by atoms with Crippen molar-refractivity contribution in [3.63, 3.8) is 0 Å². The maximum Gasteiger partial charge on any atom is 0.261 e. The van der Waals surface area contributed by atoms with Crippen molar-refractivity contribution < 1.29 is 18.0 Å². The first-order valence-corrected chi connectivity index (χ1v) is 8.71. The van der Waals surface area contributed by atoms with Gasteiger partial charge in [-0.2, -0.15) is 0 Å². The molecule has 5 nitrogen and oxygen atoms in total. The molecule has 0 heterocycles. The van der Waals surface area contributed by atoms with Crippen molar-refractivity contribution in [2.24, 2.45) is 5.41 Å². The van der Waals surface area contributed by atoms with Crippen LogP contribution in [0.1, 0.15) is 20.8 Å². The summed E-state index contributed by atoms with van der Waals surface area (Å²) in [7, 11) is 1.36. The molecule has 0 spiro atoms. The van der Waals surface area contributed by atoms with Crippen molar-refractivity contribution in [1.29, 1.82) is 0 Å². The number of nitrogens with one attached hydrogen (secondary N) is 1. The summed E-state index contributed by atoms with van der Waals surface area (Å²) in [5.41, 5.74) is -0.420. The molecule has 8 heteroatoms. The Bertz CT molecular complexity index is 648. The fraction of sp³-hybridized carbons (Fsp3) is 0.385. The number of carbonyl (C=O) groups excluding carboxylic acids is 2. The van der Waals surface area contributed by atoms with Crippen molar-refractivity contribution in [3.05, 3.63) is 24.3 Å². The number of hydrogen-bond donors (Lipinski definition) is 1. The Morgan fingerprint density at radius 1 is 1.14 bits per heavy atom. The van der Waals surface area contributed by atoms with Crippen LogP contribution in [0.2, 0.25) is 0 Å². The van der Waals surface area contributed by atoms with Gasteiger partial charge < -0.3 is 5.32 Å². The van der Waals surface area contributed by atoms with E-state index in [1.807, 2.05) is 0 Å². The number of alkyl halides is 1. The third-order valence-corrected chi connectivity index (χ3v) is 4.37. The molecule has 0 aliphatic heterocycles. The normalized spacial score (nSPS) is 13.6. The Labute approximate surface area is 133 Å². The minimum atomic E-state index is -3.82. The maximum absolute atomic E-state index is 11.9. The summed E-state index contributed by atoms with van der Waals surface area (Å²) in [6.07, 6.45) is 0. The summed E-state index contributed by atoms with van der Waals surface area (Å²) in [5.74, 6) is -1.07. The SMILES string of the molecule is CC(C)(C)C(=O)C(Cl)C(=O)Nc1ccc(S(=O)(=O)Cl)cc1. The summed E-state index contributed by atoms with van der Waals surface area (Å²) in [4.78, 5) is 23.7. The first kappa shape index (κ1) is 17.9. The molecule has 1 amide bonds. The van der Waals surface area contributed by atoms with Gasteiger partial charge in [0, 0.05) is 21.8 Å². The van der Waals surface area contributed by atoms with E-state index in [0.29, 0.717) is 5.69 Å². The van der Waals surface area contributed by atoms with Crippen molar-refractivity contribution in [2.75, 3.05) is 5.32 Å². The molecule has 1 atom stereocenters. The molecular weight excluding hydrogens is 337 g/mol. The summed E-state index contributed by atoms with van der Waals surface area (Å²) in [6.45, 7) is 4.99. The number of hydrogen-bond acceptors (Lipinski definition) is 4. The first-order valence-electron chi connectivity index (χ1n) is 5.97. The molecule has 1 unspecified atom stereocenters. The Morgan fingerprint density at radius 3 is 2.00 bits per heavy atom. The number of carbonyl (C=O) groups is 2. The molecule has 0 aliphatic rings. The van der Waals surface area contributed by atoms with E-state index in [4.69, 9.17) is 22.3 Å². The van der Waals surface area contributed by atoms with Crippen LogP contribution in [0.25, 0.3) is 0 Å². The summed E-state index contributed by atoms with van der Waals surface area (Å²) < 4.78 is 22.2. The van der Waals surface area contributed by atoms with E-state index in [0.717, 1.165) is 0 Å². The average Bonchev–Trinajstić information content (AvgIpc) is 2.35. The zero-order valence-electron chi connectivity index (χ0n) is 11.7. The number of ketones is 1. The van der Waals surface area contributed by atoms with Gasteiger partial charge in [-0.25, -0.2) is 8.42 Å². The van der Waals surface area contributed by atoms with Gasteiger partial charge in [0.2, 0.25) is 5.91 Å². The van der Waals surface area contributed by atoms with E-state index < -0.39 is 31.5 Å². The number of amides is 1. The second-order valence-corrected chi connectivity index (χ2v) is 8.43. The Morgan fingerprint density at radius 2 is 1.62 bits per heavy atom. The molecule has 0 aromatic heterocycles. The second-order valence-electron chi connectivity index (χ2n) is 5.43. The quantitative estimate of drug-likeness (QED) is 0.513. The molecular formula is C13H15Cl2NO4S. The molecule has 0 fully saturated rings. The van der Waals surface area contributed by atoms with Crippen LogP contribution in [0.5, 0.6) is 0 Å². The van der Waals surface area contributed by atoms with Gasteiger partial charge in [0.25, 0.3) is 9.05 Å². The van der Waals surface area contributed by atoms with Gasteiger partial charge in [0.15, 0.2) is 11.2 Å². The summed E-state index contributed by atoms with van der Waals surface area (Å²) in [6, 6.07) is 5.20.